The summed E-state index contributed by atoms with van der Waals surface area (Å²) in [5.41, 5.74) is 0. The molecule has 0 heterocycles. The van der Waals surface area contributed by atoms with E-state index in [2.05, 4.69) is 15.6 Å². The van der Waals surface area contributed by atoms with Crippen LogP contribution in [0, 0.1) is 0 Å². The van der Waals surface area contributed by atoms with Crippen LogP contribution >= 0.6 is 11.1 Å². The Hall–Kier alpha value is 0.387. The van der Waals surface area contributed by atoms with Gasteiger partial charge in [-0.05, 0) is 14.1 Å². The Labute approximate surface area is 63.1 Å². The summed E-state index contributed by atoms with van der Waals surface area (Å²) in [7, 11) is 3.33. The van der Waals surface area contributed by atoms with Gasteiger partial charge in [0.15, 0.2) is 8.99 Å². The maximum atomic E-state index is 5.53. The molecule has 0 rings (SSSR count). The summed E-state index contributed by atoms with van der Waals surface area (Å²) in [6.45, 7) is 0.905. The Kier molecular flexibility index (Phi) is 6.79. The molecular formula is C4H14ClN3Si. The van der Waals surface area contributed by atoms with Crippen molar-refractivity contribution in [1.82, 2.24) is 15.6 Å². The average Bonchev–Trinajstić information content (AvgIpc) is 1.91. The van der Waals surface area contributed by atoms with Crippen molar-refractivity contribution in [2.24, 2.45) is 0 Å². The van der Waals surface area contributed by atoms with Crippen molar-refractivity contribution in [3.63, 3.8) is 0 Å². The van der Waals surface area contributed by atoms with Gasteiger partial charge in [0.1, 0.15) is 0 Å². The van der Waals surface area contributed by atoms with Crippen molar-refractivity contribution >= 4 is 20.1 Å². The molecule has 0 radical (unpaired) electrons. The minimum absolute atomic E-state index is 0.344. The molecule has 0 aliphatic rings. The molecule has 0 aromatic rings. The van der Waals surface area contributed by atoms with Crippen LogP contribution in [0.3, 0.4) is 0 Å². The van der Waals surface area contributed by atoms with E-state index in [1.54, 1.807) is 0 Å². The molecule has 0 fully saturated rings. The van der Waals surface area contributed by atoms with Gasteiger partial charge < -0.3 is 15.6 Å². The SMILES string of the molecule is CNC(CN[SiH2]Cl)NC. The molecule has 0 atom stereocenters. The molecule has 0 amide bonds. The van der Waals surface area contributed by atoms with E-state index in [1.165, 1.54) is 0 Å². The van der Waals surface area contributed by atoms with E-state index in [-0.39, 0.29) is 0 Å². The number of likely N-dealkylation sites (N-methyl/N-ethyl adjacent to an activating group) is 2. The largest absolute Gasteiger partial charge is 0.328 e. The molecule has 0 unspecified atom stereocenters. The lowest BCUT2D eigenvalue weighted by molar-refractivity contribution is 0.491. The molecule has 5 heteroatoms. The summed E-state index contributed by atoms with van der Waals surface area (Å²) in [6.07, 6.45) is 0.344. The lowest BCUT2D eigenvalue weighted by atomic mass is 10.5. The second-order valence-corrected chi connectivity index (χ2v) is 3.29. The number of hydrogen-bond donors (Lipinski definition) is 3. The molecule has 9 heavy (non-hydrogen) atoms. The van der Waals surface area contributed by atoms with Gasteiger partial charge in [-0.1, -0.05) is 0 Å². The molecule has 0 aromatic carbocycles. The summed E-state index contributed by atoms with van der Waals surface area (Å²) in [5, 5.41) is 6.15. The lowest BCUT2D eigenvalue weighted by Crippen LogP contribution is -2.45. The van der Waals surface area contributed by atoms with E-state index >= 15 is 0 Å². The van der Waals surface area contributed by atoms with Crippen molar-refractivity contribution in [3.05, 3.63) is 0 Å². The van der Waals surface area contributed by atoms with Crippen LogP contribution in [0.5, 0.6) is 0 Å². The molecule has 0 aliphatic heterocycles. The van der Waals surface area contributed by atoms with E-state index in [9.17, 15) is 0 Å². The van der Waals surface area contributed by atoms with Gasteiger partial charge in [-0.15, -0.1) is 0 Å². The van der Waals surface area contributed by atoms with Crippen LogP contribution in [0.25, 0.3) is 0 Å². The Morgan fingerprint density at radius 2 is 2.00 bits per heavy atom. The van der Waals surface area contributed by atoms with Crippen LogP contribution < -0.4 is 15.6 Å². The topological polar surface area (TPSA) is 36.1 Å². The quantitative estimate of drug-likeness (QED) is 0.267. The third-order valence-corrected chi connectivity index (χ3v) is 2.18. The fourth-order valence-corrected chi connectivity index (χ4v) is 1.27. The maximum Gasteiger partial charge on any atom is 0.195 e. The molecule has 0 aliphatic carbocycles. The molecule has 0 bridgehead atoms. The Bertz CT molecular complexity index is 59.8. The first-order valence-electron chi connectivity index (χ1n) is 2.96. The maximum absolute atomic E-state index is 5.53. The van der Waals surface area contributed by atoms with Gasteiger partial charge in [0, 0.05) is 6.54 Å². The zero-order valence-corrected chi connectivity index (χ0v) is 8.04. The number of hydrogen-bond acceptors (Lipinski definition) is 3. The van der Waals surface area contributed by atoms with E-state index in [0.29, 0.717) is 6.17 Å². The highest BCUT2D eigenvalue weighted by atomic mass is 35.6. The normalized spacial score (nSPS) is 12.0. The van der Waals surface area contributed by atoms with Gasteiger partial charge in [0.25, 0.3) is 0 Å². The second-order valence-electron chi connectivity index (χ2n) is 1.72. The molecular weight excluding hydrogens is 154 g/mol. The summed E-state index contributed by atoms with van der Waals surface area (Å²) in [6, 6.07) is 0. The van der Waals surface area contributed by atoms with Gasteiger partial charge in [0.05, 0.1) is 6.17 Å². The standard InChI is InChI=1S/C4H14ClN3Si/c1-6-4(7-2)3-8-9-5/h4,6-8H,3,9H2,1-2H3. The first-order chi connectivity index (χ1) is 4.35. The highest BCUT2D eigenvalue weighted by molar-refractivity contribution is 6.92. The van der Waals surface area contributed by atoms with Crippen LogP contribution in [0.2, 0.25) is 0 Å². The van der Waals surface area contributed by atoms with Gasteiger partial charge >= 0.3 is 0 Å². The molecule has 3 N–H and O–H groups in total. The predicted molar refractivity (Wildman–Crippen MR) is 44.3 cm³/mol. The first-order valence-corrected chi connectivity index (χ1v) is 5.81. The van der Waals surface area contributed by atoms with E-state index < -0.39 is 8.99 Å². The summed E-state index contributed by atoms with van der Waals surface area (Å²) in [5.74, 6) is 0. The summed E-state index contributed by atoms with van der Waals surface area (Å²) < 4.78 is 0. The fraction of sp³-hybridized carbons (Fsp3) is 1.00. The molecule has 0 aromatic heterocycles. The van der Waals surface area contributed by atoms with Crippen molar-refractivity contribution in [2.75, 3.05) is 20.6 Å². The highest BCUT2D eigenvalue weighted by Gasteiger charge is 1.97. The number of rotatable bonds is 5. The zero-order valence-electron chi connectivity index (χ0n) is 5.87. The van der Waals surface area contributed by atoms with Crippen molar-refractivity contribution in [1.29, 1.82) is 0 Å². The van der Waals surface area contributed by atoms with Crippen LogP contribution in [0.15, 0.2) is 0 Å². The molecule has 3 nitrogen and oxygen atoms in total. The predicted octanol–water partition coefficient (Wildman–Crippen LogP) is -1.42. The van der Waals surface area contributed by atoms with Crippen molar-refractivity contribution < 1.29 is 0 Å². The Morgan fingerprint density at radius 1 is 1.44 bits per heavy atom. The van der Waals surface area contributed by atoms with E-state index in [4.69, 9.17) is 11.1 Å². The highest BCUT2D eigenvalue weighted by Crippen LogP contribution is 1.69. The van der Waals surface area contributed by atoms with Gasteiger partial charge in [-0.3, -0.25) is 0 Å². The second kappa shape index (κ2) is 6.51. The smallest absolute Gasteiger partial charge is 0.195 e. The van der Waals surface area contributed by atoms with Gasteiger partial charge in [0.2, 0.25) is 0 Å². The fourth-order valence-electron chi connectivity index (χ4n) is 0.547. The van der Waals surface area contributed by atoms with Gasteiger partial charge in [-0.2, -0.15) is 11.1 Å². The Morgan fingerprint density at radius 3 is 2.33 bits per heavy atom. The van der Waals surface area contributed by atoms with E-state index in [1.807, 2.05) is 14.1 Å². The third kappa shape index (κ3) is 4.86. The van der Waals surface area contributed by atoms with Crippen molar-refractivity contribution in [3.8, 4) is 0 Å². The molecule has 0 saturated heterocycles. The van der Waals surface area contributed by atoms with Gasteiger partial charge in [-0.25, -0.2) is 0 Å². The minimum atomic E-state index is -0.505. The zero-order chi connectivity index (χ0) is 7.11. The van der Waals surface area contributed by atoms with Crippen LogP contribution in [0.1, 0.15) is 0 Å². The molecule has 0 spiro atoms. The van der Waals surface area contributed by atoms with Crippen LogP contribution in [-0.2, 0) is 0 Å². The number of halogens is 1. The van der Waals surface area contributed by atoms with Crippen LogP contribution in [-0.4, -0.2) is 35.8 Å². The van der Waals surface area contributed by atoms with E-state index in [0.717, 1.165) is 6.54 Å². The lowest BCUT2D eigenvalue weighted by Gasteiger charge is -2.13. The molecule has 56 valence electrons. The Balaban J connectivity index is 3.09. The molecule has 0 saturated carbocycles. The first kappa shape index (κ1) is 9.39. The average molecular weight is 168 g/mol. The third-order valence-electron chi connectivity index (χ3n) is 1.14. The summed E-state index contributed by atoms with van der Waals surface area (Å²) in [4.78, 5) is 3.13. The number of nitrogens with one attached hydrogen (secondary N) is 3. The summed E-state index contributed by atoms with van der Waals surface area (Å²) >= 11 is 5.53. The van der Waals surface area contributed by atoms with Crippen LogP contribution in [0.4, 0.5) is 0 Å². The monoisotopic (exact) mass is 167 g/mol. The van der Waals surface area contributed by atoms with Crippen molar-refractivity contribution in [2.45, 2.75) is 6.17 Å². The minimum Gasteiger partial charge on any atom is -0.328 e.